The van der Waals surface area contributed by atoms with Crippen molar-refractivity contribution < 1.29 is 14.3 Å². The minimum Gasteiger partial charge on any atom is -0.376 e. The molecule has 0 spiro atoms. The van der Waals surface area contributed by atoms with Crippen LogP contribution in [-0.2, 0) is 20.9 Å². The predicted molar refractivity (Wildman–Crippen MR) is 86.2 cm³/mol. The van der Waals surface area contributed by atoms with Crippen molar-refractivity contribution in [1.29, 1.82) is 0 Å². The van der Waals surface area contributed by atoms with Crippen LogP contribution in [0.3, 0.4) is 0 Å². The molecule has 3 N–H and O–H groups in total. The monoisotopic (exact) mass is 330 g/mol. The molecule has 2 heterocycles. The lowest BCUT2D eigenvalue weighted by Gasteiger charge is -2.11. The van der Waals surface area contributed by atoms with E-state index in [0.29, 0.717) is 29.6 Å². The fourth-order valence-electron chi connectivity index (χ4n) is 2.64. The number of amides is 2. The smallest absolute Gasteiger partial charge is 0.309 e. The number of carbonyl (C=O) groups excluding carboxylic acids is 2. The van der Waals surface area contributed by atoms with Crippen molar-refractivity contribution in [2.45, 2.75) is 25.5 Å². The van der Waals surface area contributed by atoms with Gasteiger partial charge in [0.15, 0.2) is 0 Å². The summed E-state index contributed by atoms with van der Waals surface area (Å²) in [6.07, 6.45) is 1.83. The zero-order valence-corrected chi connectivity index (χ0v) is 13.0. The summed E-state index contributed by atoms with van der Waals surface area (Å²) >= 11 is 0. The second kappa shape index (κ2) is 7.22. The van der Waals surface area contributed by atoms with Gasteiger partial charge < -0.3 is 15.4 Å². The van der Waals surface area contributed by atoms with Gasteiger partial charge in [-0.25, -0.2) is 5.10 Å². The molecule has 1 aliphatic heterocycles. The Bertz CT molecular complexity index is 811. The molecule has 8 nitrogen and oxygen atoms in total. The van der Waals surface area contributed by atoms with E-state index in [1.54, 1.807) is 24.3 Å². The van der Waals surface area contributed by atoms with Crippen molar-refractivity contribution in [3.63, 3.8) is 0 Å². The highest BCUT2D eigenvalue weighted by atomic mass is 16.5. The number of hydrogen-bond donors (Lipinski definition) is 3. The number of nitrogens with one attached hydrogen (secondary N) is 3. The number of nitrogens with zero attached hydrogens (tertiary/aromatic N) is 1. The Balaban J connectivity index is 1.59. The lowest BCUT2D eigenvalue weighted by Crippen LogP contribution is -2.42. The Morgan fingerprint density at radius 2 is 1.96 bits per heavy atom. The molecular weight excluding hydrogens is 312 g/mol. The van der Waals surface area contributed by atoms with Crippen LogP contribution in [0.15, 0.2) is 29.1 Å². The SMILES string of the molecule is O=C(NCc1n[nH]c(=O)c2ccccc12)C(=O)NC[C@@H]1CCCO1. The lowest BCUT2D eigenvalue weighted by atomic mass is 10.1. The minimum absolute atomic E-state index is 0.0217. The van der Waals surface area contributed by atoms with Gasteiger partial charge in [-0.15, -0.1) is 0 Å². The molecule has 24 heavy (non-hydrogen) atoms. The second-order valence-corrected chi connectivity index (χ2v) is 5.57. The standard InChI is InChI=1S/C16H18N4O4/c21-14-12-6-2-1-5-11(12)13(19-20-14)9-18-16(23)15(22)17-8-10-4-3-7-24-10/h1-2,5-6,10H,3-4,7-9H2,(H,17,22)(H,18,23)(H,20,21)/t10-/m0/s1. The van der Waals surface area contributed by atoms with Crippen molar-refractivity contribution in [3.8, 4) is 0 Å². The molecule has 2 amide bonds. The molecule has 0 radical (unpaired) electrons. The second-order valence-electron chi connectivity index (χ2n) is 5.57. The minimum atomic E-state index is -0.745. The molecule has 126 valence electrons. The van der Waals surface area contributed by atoms with E-state index in [2.05, 4.69) is 20.8 Å². The molecular formula is C16H18N4O4. The van der Waals surface area contributed by atoms with Gasteiger partial charge in [-0.3, -0.25) is 14.4 Å². The summed E-state index contributed by atoms with van der Waals surface area (Å²) < 4.78 is 5.38. The van der Waals surface area contributed by atoms with Crippen LogP contribution in [0, 0.1) is 0 Å². The van der Waals surface area contributed by atoms with Gasteiger partial charge in [0, 0.05) is 18.5 Å². The number of ether oxygens (including phenoxy) is 1. The number of fused-ring (bicyclic) bond motifs is 1. The highest BCUT2D eigenvalue weighted by molar-refractivity contribution is 6.35. The third-order valence-electron chi connectivity index (χ3n) is 3.91. The molecule has 0 aliphatic carbocycles. The largest absolute Gasteiger partial charge is 0.376 e. The van der Waals surface area contributed by atoms with Crippen LogP contribution in [0.4, 0.5) is 0 Å². The van der Waals surface area contributed by atoms with Gasteiger partial charge in [0.2, 0.25) is 0 Å². The van der Waals surface area contributed by atoms with Crippen molar-refractivity contribution in [1.82, 2.24) is 20.8 Å². The fourth-order valence-corrected chi connectivity index (χ4v) is 2.64. The maximum absolute atomic E-state index is 11.9. The molecule has 1 saturated heterocycles. The van der Waals surface area contributed by atoms with Crippen LogP contribution < -0.4 is 16.2 Å². The van der Waals surface area contributed by atoms with Crippen LogP contribution in [0.2, 0.25) is 0 Å². The number of hydrogen-bond acceptors (Lipinski definition) is 5. The van der Waals surface area contributed by atoms with Crippen molar-refractivity contribution >= 4 is 22.6 Å². The quantitative estimate of drug-likeness (QED) is 0.674. The average molecular weight is 330 g/mol. The van der Waals surface area contributed by atoms with E-state index in [9.17, 15) is 14.4 Å². The molecule has 1 fully saturated rings. The van der Waals surface area contributed by atoms with Gasteiger partial charge in [-0.2, -0.15) is 5.10 Å². The van der Waals surface area contributed by atoms with E-state index in [1.807, 2.05) is 0 Å². The Kier molecular flexibility index (Phi) is 4.85. The van der Waals surface area contributed by atoms with Crippen LogP contribution in [0.1, 0.15) is 18.5 Å². The van der Waals surface area contributed by atoms with Crippen molar-refractivity contribution in [3.05, 3.63) is 40.3 Å². The number of carbonyl (C=O) groups is 2. The molecule has 2 aromatic rings. The van der Waals surface area contributed by atoms with E-state index >= 15 is 0 Å². The van der Waals surface area contributed by atoms with Crippen LogP contribution in [-0.4, -0.2) is 41.3 Å². The highest BCUT2D eigenvalue weighted by Crippen LogP contribution is 2.12. The molecule has 1 atom stereocenters. The molecule has 0 saturated carbocycles. The molecule has 0 unspecified atom stereocenters. The summed E-state index contributed by atoms with van der Waals surface area (Å²) in [5.41, 5.74) is 0.195. The predicted octanol–water partition coefficient (Wildman–Crippen LogP) is -0.166. The Morgan fingerprint density at radius 1 is 1.21 bits per heavy atom. The Hall–Kier alpha value is -2.74. The summed E-state index contributed by atoms with van der Waals surface area (Å²) in [6.45, 7) is 1.06. The zero-order chi connectivity index (χ0) is 16.9. The number of rotatable bonds is 4. The Labute approximate surface area is 137 Å². The molecule has 1 aromatic heterocycles. The summed E-state index contributed by atoms with van der Waals surface area (Å²) in [7, 11) is 0. The normalized spacial score (nSPS) is 16.9. The van der Waals surface area contributed by atoms with Crippen molar-refractivity contribution in [2.24, 2.45) is 0 Å². The van der Waals surface area contributed by atoms with Crippen LogP contribution in [0.5, 0.6) is 0 Å². The van der Waals surface area contributed by atoms with E-state index in [0.717, 1.165) is 12.8 Å². The first-order valence-corrected chi connectivity index (χ1v) is 7.79. The third kappa shape index (κ3) is 3.60. The topological polar surface area (TPSA) is 113 Å². The average Bonchev–Trinajstić information content (AvgIpc) is 3.12. The van der Waals surface area contributed by atoms with Gasteiger partial charge >= 0.3 is 11.8 Å². The van der Waals surface area contributed by atoms with E-state index < -0.39 is 11.8 Å². The van der Waals surface area contributed by atoms with E-state index in [4.69, 9.17) is 4.74 Å². The van der Waals surface area contributed by atoms with E-state index in [1.165, 1.54) is 0 Å². The summed E-state index contributed by atoms with van der Waals surface area (Å²) in [4.78, 5) is 35.3. The number of aromatic nitrogens is 2. The van der Waals surface area contributed by atoms with Gasteiger partial charge in [-0.1, -0.05) is 18.2 Å². The molecule has 3 rings (SSSR count). The van der Waals surface area contributed by atoms with E-state index in [-0.39, 0.29) is 18.2 Å². The van der Waals surface area contributed by atoms with Crippen LogP contribution >= 0.6 is 0 Å². The van der Waals surface area contributed by atoms with Crippen LogP contribution in [0.25, 0.3) is 10.8 Å². The van der Waals surface area contributed by atoms with Crippen molar-refractivity contribution in [2.75, 3.05) is 13.2 Å². The molecule has 8 heteroatoms. The Morgan fingerprint density at radius 3 is 2.71 bits per heavy atom. The molecule has 1 aliphatic rings. The van der Waals surface area contributed by atoms with Gasteiger partial charge in [-0.05, 0) is 18.9 Å². The summed E-state index contributed by atoms with van der Waals surface area (Å²) in [6, 6.07) is 6.95. The number of H-pyrrole nitrogens is 1. The maximum atomic E-state index is 11.9. The molecule has 1 aromatic carbocycles. The van der Waals surface area contributed by atoms with Gasteiger partial charge in [0.05, 0.1) is 23.7 Å². The fraction of sp³-hybridized carbons (Fsp3) is 0.375. The number of aromatic amines is 1. The summed E-state index contributed by atoms with van der Waals surface area (Å²) in [5, 5.41) is 12.5. The van der Waals surface area contributed by atoms with Gasteiger partial charge in [0.1, 0.15) is 0 Å². The summed E-state index contributed by atoms with van der Waals surface area (Å²) in [5.74, 6) is -1.45. The first-order chi connectivity index (χ1) is 11.6. The third-order valence-corrected chi connectivity index (χ3v) is 3.91. The van der Waals surface area contributed by atoms with Gasteiger partial charge in [0.25, 0.3) is 5.56 Å². The number of benzene rings is 1. The molecule has 0 bridgehead atoms. The zero-order valence-electron chi connectivity index (χ0n) is 13.0. The maximum Gasteiger partial charge on any atom is 0.309 e. The lowest BCUT2D eigenvalue weighted by molar-refractivity contribution is -0.139. The first kappa shape index (κ1) is 16.1. The first-order valence-electron chi connectivity index (χ1n) is 7.79. The highest BCUT2D eigenvalue weighted by Gasteiger charge is 2.19.